The van der Waals surface area contributed by atoms with Gasteiger partial charge in [0.25, 0.3) is 5.91 Å². The van der Waals surface area contributed by atoms with E-state index < -0.39 is 29.4 Å². The average molecular weight is 557 g/mol. The molecule has 208 valence electrons. The minimum atomic E-state index is -0.808. The van der Waals surface area contributed by atoms with Crippen molar-refractivity contribution in [3.8, 4) is 11.1 Å². The van der Waals surface area contributed by atoms with Gasteiger partial charge in [-0.1, -0.05) is 24.3 Å². The van der Waals surface area contributed by atoms with Crippen LogP contribution in [0.5, 0.6) is 0 Å². The number of pyridine rings is 1. The topological polar surface area (TPSA) is 76.0 Å². The maximum absolute atomic E-state index is 14.4. The quantitative estimate of drug-likeness (QED) is 0.250. The Morgan fingerprint density at radius 3 is 2.49 bits per heavy atom. The lowest BCUT2D eigenvalue weighted by molar-refractivity contribution is -0.122. The van der Waals surface area contributed by atoms with Crippen molar-refractivity contribution < 1.29 is 22.8 Å². The third kappa shape index (κ3) is 6.14. The van der Waals surface area contributed by atoms with Crippen molar-refractivity contribution in [1.29, 1.82) is 0 Å². The van der Waals surface area contributed by atoms with Gasteiger partial charge in [0.1, 0.15) is 24.0 Å². The highest BCUT2D eigenvalue weighted by molar-refractivity contribution is 5.95. The van der Waals surface area contributed by atoms with Gasteiger partial charge in [-0.15, -0.1) is 0 Å². The summed E-state index contributed by atoms with van der Waals surface area (Å²) in [5, 5.41) is 6.40. The Balaban J connectivity index is 1.53. The number of rotatable bonds is 8. The molecule has 0 saturated carbocycles. The Hall–Kier alpha value is -4.92. The molecule has 0 aliphatic heterocycles. The second-order valence-electron chi connectivity index (χ2n) is 9.82. The highest BCUT2D eigenvalue weighted by atomic mass is 19.1. The van der Waals surface area contributed by atoms with Crippen LogP contribution in [0, 0.1) is 24.4 Å². The molecule has 0 unspecified atom stereocenters. The van der Waals surface area contributed by atoms with Gasteiger partial charge >= 0.3 is 0 Å². The van der Waals surface area contributed by atoms with Crippen LogP contribution in [0.25, 0.3) is 22.0 Å². The van der Waals surface area contributed by atoms with Crippen molar-refractivity contribution in [2.45, 2.75) is 25.9 Å². The number of benzene rings is 3. The van der Waals surface area contributed by atoms with E-state index in [1.807, 2.05) is 42.0 Å². The molecule has 2 aromatic heterocycles. The molecule has 5 rings (SSSR count). The number of aryl methyl sites for hydroxylation is 1. The first-order valence-electron chi connectivity index (χ1n) is 13.0. The van der Waals surface area contributed by atoms with Gasteiger partial charge in [-0.05, 0) is 77.9 Å². The van der Waals surface area contributed by atoms with E-state index in [2.05, 4.69) is 15.6 Å². The normalized spacial score (nSPS) is 11.8. The van der Waals surface area contributed by atoms with E-state index in [1.165, 1.54) is 43.6 Å². The van der Waals surface area contributed by atoms with Gasteiger partial charge in [-0.2, -0.15) is 0 Å². The maximum atomic E-state index is 14.4. The molecule has 0 aliphatic rings. The Morgan fingerprint density at radius 1 is 0.951 bits per heavy atom. The zero-order valence-corrected chi connectivity index (χ0v) is 22.4. The number of hydrogen-bond donors (Lipinski definition) is 2. The lowest BCUT2D eigenvalue weighted by atomic mass is 9.94. The Morgan fingerprint density at radius 2 is 1.73 bits per heavy atom. The van der Waals surface area contributed by atoms with Crippen molar-refractivity contribution in [1.82, 2.24) is 20.2 Å². The van der Waals surface area contributed by atoms with Crippen molar-refractivity contribution in [3.63, 3.8) is 0 Å². The van der Waals surface area contributed by atoms with Gasteiger partial charge in [0, 0.05) is 36.6 Å². The summed E-state index contributed by atoms with van der Waals surface area (Å²) in [4.78, 5) is 30.2. The number of nitrogens with zero attached hydrogens (tertiary/aromatic N) is 2. The number of fused-ring (bicyclic) bond motifs is 1. The average Bonchev–Trinajstić information content (AvgIpc) is 3.33. The van der Waals surface area contributed by atoms with Crippen LogP contribution in [-0.2, 0) is 17.8 Å². The fourth-order valence-corrected chi connectivity index (χ4v) is 4.95. The van der Waals surface area contributed by atoms with Crippen molar-refractivity contribution in [3.05, 3.63) is 125 Å². The molecule has 2 heterocycles. The van der Waals surface area contributed by atoms with Crippen LogP contribution in [0.4, 0.5) is 13.2 Å². The van der Waals surface area contributed by atoms with E-state index in [9.17, 15) is 22.8 Å². The van der Waals surface area contributed by atoms with Gasteiger partial charge in [0.15, 0.2) is 0 Å². The first-order chi connectivity index (χ1) is 19.7. The maximum Gasteiger partial charge on any atom is 0.254 e. The molecule has 6 nitrogen and oxygen atoms in total. The second kappa shape index (κ2) is 11.7. The first-order valence-corrected chi connectivity index (χ1v) is 13.0. The Kier molecular flexibility index (Phi) is 7.87. The van der Waals surface area contributed by atoms with E-state index in [-0.39, 0.29) is 24.4 Å². The van der Waals surface area contributed by atoms with Crippen LogP contribution < -0.4 is 10.6 Å². The molecular formula is C32H27F3N4O2. The largest absolute Gasteiger partial charge is 0.355 e. The fraction of sp³-hybridized carbons (Fsp3) is 0.156. The highest BCUT2D eigenvalue weighted by Gasteiger charge is 2.23. The van der Waals surface area contributed by atoms with Crippen LogP contribution in [0.2, 0.25) is 0 Å². The van der Waals surface area contributed by atoms with E-state index in [0.29, 0.717) is 22.4 Å². The van der Waals surface area contributed by atoms with Crippen molar-refractivity contribution in [2.24, 2.45) is 0 Å². The van der Waals surface area contributed by atoms with Crippen molar-refractivity contribution >= 4 is 22.7 Å². The molecule has 2 N–H and O–H groups in total. The Labute approximate surface area is 234 Å². The third-order valence-electron chi connectivity index (χ3n) is 6.86. The van der Waals surface area contributed by atoms with Crippen molar-refractivity contribution in [2.75, 3.05) is 7.05 Å². The lowest BCUT2D eigenvalue weighted by Crippen LogP contribution is -2.33. The van der Waals surface area contributed by atoms with Gasteiger partial charge in [-0.25, -0.2) is 13.2 Å². The minimum absolute atomic E-state index is 0.000496. The van der Waals surface area contributed by atoms with Gasteiger partial charge in [-0.3, -0.25) is 14.6 Å². The lowest BCUT2D eigenvalue weighted by Gasteiger charge is -2.22. The zero-order valence-electron chi connectivity index (χ0n) is 22.4. The first kappa shape index (κ1) is 27.6. The number of carbonyl (C=O) groups excluding carboxylic acids is 2. The summed E-state index contributed by atoms with van der Waals surface area (Å²) in [6.45, 7) is 1.97. The van der Waals surface area contributed by atoms with E-state index >= 15 is 0 Å². The number of aromatic nitrogens is 2. The number of halogens is 3. The van der Waals surface area contributed by atoms with Gasteiger partial charge < -0.3 is 15.2 Å². The molecule has 0 saturated heterocycles. The molecule has 0 bridgehead atoms. The monoisotopic (exact) mass is 556 g/mol. The third-order valence-corrected chi connectivity index (χ3v) is 6.86. The molecular weight excluding hydrogens is 529 g/mol. The molecule has 0 radical (unpaired) electrons. The minimum Gasteiger partial charge on any atom is -0.355 e. The highest BCUT2D eigenvalue weighted by Crippen LogP contribution is 2.30. The second-order valence-corrected chi connectivity index (χ2v) is 9.82. The summed E-state index contributed by atoms with van der Waals surface area (Å²) in [5.41, 5.74) is 3.53. The summed E-state index contributed by atoms with van der Waals surface area (Å²) < 4.78 is 44.4. The van der Waals surface area contributed by atoms with E-state index in [0.717, 1.165) is 22.5 Å². The molecule has 9 heteroatoms. The summed E-state index contributed by atoms with van der Waals surface area (Å²) in [5.74, 6) is -3.10. The van der Waals surface area contributed by atoms with Crippen LogP contribution in [0.3, 0.4) is 0 Å². The summed E-state index contributed by atoms with van der Waals surface area (Å²) >= 11 is 0. The van der Waals surface area contributed by atoms with Gasteiger partial charge in [0.05, 0.1) is 17.3 Å². The predicted molar refractivity (Wildman–Crippen MR) is 151 cm³/mol. The molecule has 2 amide bonds. The number of amides is 2. The fourth-order valence-electron chi connectivity index (χ4n) is 4.95. The van der Waals surface area contributed by atoms with Crippen LogP contribution >= 0.6 is 0 Å². The molecule has 1 atom stereocenters. The predicted octanol–water partition coefficient (Wildman–Crippen LogP) is 5.89. The number of nitrogens with one attached hydrogen (secondary N) is 2. The van der Waals surface area contributed by atoms with Gasteiger partial charge in [0.2, 0.25) is 5.91 Å². The zero-order chi connectivity index (χ0) is 29.1. The molecule has 0 aliphatic carbocycles. The standard InChI is InChI=1S/C32H27F3N4O2/c1-19-5-6-21-9-11-39(29(21)12-19)18-30(40)38-28(15-20-13-23(33)17-24(34)14-20)31-25(4-3-10-37-31)22-7-8-27(35)26(16-22)32(41)36-2/h3-14,16-17,28H,15,18H2,1-2H3,(H,36,41)(H,38,40)/t28-/m0/s1. The van der Waals surface area contributed by atoms with Crippen LogP contribution in [0.15, 0.2) is 85.2 Å². The summed E-state index contributed by atoms with van der Waals surface area (Å²) in [7, 11) is 1.41. The molecule has 41 heavy (non-hydrogen) atoms. The number of hydrogen-bond acceptors (Lipinski definition) is 3. The smallest absolute Gasteiger partial charge is 0.254 e. The molecule has 0 spiro atoms. The SMILES string of the molecule is CNC(=O)c1cc(-c2cccnc2[C@H](Cc2cc(F)cc(F)c2)NC(=O)Cn2ccc3ccc(C)cc32)ccc1F. The summed E-state index contributed by atoms with van der Waals surface area (Å²) in [6, 6.07) is 17.8. The van der Waals surface area contributed by atoms with E-state index in [4.69, 9.17) is 0 Å². The van der Waals surface area contributed by atoms with Crippen LogP contribution in [0.1, 0.15) is 33.2 Å². The van der Waals surface area contributed by atoms with Crippen LogP contribution in [-0.4, -0.2) is 28.4 Å². The Bertz CT molecular complexity index is 1750. The van der Waals surface area contributed by atoms with E-state index in [1.54, 1.807) is 12.1 Å². The molecule has 3 aromatic carbocycles. The number of carbonyl (C=O) groups is 2. The summed E-state index contributed by atoms with van der Waals surface area (Å²) in [6.07, 6.45) is 3.39. The molecule has 5 aromatic rings. The molecule has 0 fully saturated rings.